The third-order valence-electron chi connectivity index (χ3n) is 3.42. The minimum atomic E-state index is -0.0368. The minimum Gasteiger partial charge on any atom is -0.379 e. The van der Waals surface area contributed by atoms with Crippen molar-refractivity contribution >= 4 is 11.3 Å². The predicted molar refractivity (Wildman–Crippen MR) is 83.0 cm³/mol. The Morgan fingerprint density at radius 1 is 1.47 bits per heavy atom. The fourth-order valence-electron chi connectivity index (χ4n) is 1.96. The lowest BCUT2D eigenvalue weighted by atomic mass is 9.97. The number of aryl methyl sites for hydroxylation is 1. The molecule has 19 heavy (non-hydrogen) atoms. The van der Waals surface area contributed by atoms with Crippen LogP contribution in [-0.2, 0) is 11.2 Å². The summed E-state index contributed by atoms with van der Waals surface area (Å²) in [5.41, 5.74) is 1.09. The molecule has 1 aromatic heterocycles. The number of hydrogen-bond donors (Lipinski definition) is 1. The molecule has 1 unspecified atom stereocenters. The molecular formula is C15H28N2OS. The zero-order valence-corrected chi connectivity index (χ0v) is 13.8. The van der Waals surface area contributed by atoms with E-state index in [1.807, 2.05) is 0 Å². The van der Waals surface area contributed by atoms with E-state index in [1.165, 1.54) is 11.4 Å². The summed E-state index contributed by atoms with van der Waals surface area (Å²) in [6.45, 7) is 9.64. The molecule has 0 saturated heterocycles. The quantitative estimate of drug-likeness (QED) is 0.753. The zero-order valence-electron chi connectivity index (χ0n) is 13.0. The first kappa shape index (κ1) is 16.6. The molecule has 0 spiro atoms. The van der Waals surface area contributed by atoms with Crippen LogP contribution in [0.5, 0.6) is 0 Å². The van der Waals surface area contributed by atoms with Crippen molar-refractivity contribution in [3.05, 3.63) is 16.1 Å². The highest BCUT2D eigenvalue weighted by Crippen LogP contribution is 2.19. The summed E-state index contributed by atoms with van der Waals surface area (Å²) in [6.07, 6.45) is 4.38. The van der Waals surface area contributed by atoms with Gasteiger partial charge in [-0.1, -0.05) is 6.92 Å². The number of aromatic nitrogens is 1. The number of nitrogens with zero attached hydrogens (tertiary/aromatic N) is 1. The third-order valence-corrected chi connectivity index (χ3v) is 4.41. The maximum absolute atomic E-state index is 5.51. The van der Waals surface area contributed by atoms with Crippen molar-refractivity contribution in [2.45, 2.75) is 65.0 Å². The van der Waals surface area contributed by atoms with Crippen molar-refractivity contribution in [1.82, 2.24) is 10.3 Å². The molecule has 3 nitrogen and oxygen atoms in total. The fraction of sp³-hybridized carbons (Fsp3) is 0.800. The van der Waals surface area contributed by atoms with E-state index < -0.39 is 0 Å². The Hall–Kier alpha value is -0.450. The first-order valence-electron chi connectivity index (χ1n) is 7.16. The van der Waals surface area contributed by atoms with Crippen LogP contribution < -0.4 is 5.32 Å². The first-order chi connectivity index (χ1) is 8.96. The van der Waals surface area contributed by atoms with Crippen molar-refractivity contribution in [3.63, 3.8) is 0 Å². The lowest BCUT2D eigenvalue weighted by Gasteiger charge is -2.26. The van der Waals surface area contributed by atoms with E-state index in [0.29, 0.717) is 6.04 Å². The Balaban J connectivity index is 2.51. The van der Waals surface area contributed by atoms with E-state index in [9.17, 15) is 0 Å². The normalized spacial score (nSPS) is 13.7. The van der Waals surface area contributed by atoms with Gasteiger partial charge in [0.2, 0.25) is 0 Å². The summed E-state index contributed by atoms with van der Waals surface area (Å²) >= 11 is 1.77. The smallest absolute Gasteiger partial charge is 0.0943 e. The number of methoxy groups -OCH3 is 1. The molecule has 0 radical (unpaired) electrons. The predicted octanol–water partition coefficient (Wildman–Crippen LogP) is 3.57. The number of ether oxygens (including phenoxy) is 1. The van der Waals surface area contributed by atoms with Gasteiger partial charge >= 0.3 is 0 Å². The molecule has 0 fully saturated rings. The topological polar surface area (TPSA) is 34.1 Å². The van der Waals surface area contributed by atoms with Gasteiger partial charge in [0.15, 0.2) is 0 Å². The molecule has 110 valence electrons. The molecule has 0 aromatic carbocycles. The van der Waals surface area contributed by atoms with Gasteiger partial charge in [-0.05, 0) is 46.6 Å². The SMILES string of the molecule is CCCNC(CCC(C)(C)OC)Cc1nc(C)cs1. The lowest BCUT2D eigenvalue weighted by molar-refractivity contribution is 0.0117. The highest BCUT2D eigenvalue weighted by Gasteiger charge is 2.19. The number of nitrogens with one attached hydrogen (secondary N) is 1. The highest BCUT2D eigenvalue weighted by atomic mass is 32.1. The maximum atomic E-state index is 5.51. The second kappa shape index (κ2) is 7.98. The molecule has 0 bridgehead atoms. The van der Waals surface area contributed by atoms with Crippen molar-refractivity contribution < 1.29 is 4.74 Å². The Morgan fingerprint density at radius 2 is 2.21 bits per heavy atom. The van der Waals surface area contributed by atoms with Crippen molar-refractivity contribution in [2.75, 3.05) is 13.7 Å². The van der Waals surface area contributed by atoms with Gasteiger partial charge in [-0.2, -0.15) is 0 Å². The molecule has 1 heterocycles. The Bertz CT molecular complexity index is 363. The van der Waals surface area contributed by atoms with E-state index in [1.54, 1.807) is 18.4 Å². The summed E-state index contributed by atoms with van der Waals surface area (Å²) in [4.78, 5) is 4.57. The largest absolute Gasteiger partial charge is 0.379 e. The Morgan fingerprint density at radius 3 is 2.74 bits per heavy atom. The second-order valence-electron chi connectivity index (χ2n) is 5.74. The molecule has 1 rings (SSSR count). The molecule has 1 N–H and O–H groups in total. The fourth-order valence-corrected chi connectivity index (χ4v) is 2.81. The van der Waals surface area contributed by atoms with E-state index >= 15 is 0 Å². The number of hydrogen-bond acceptors (Lipinski definition) is 4. The van der Waals surface area contributed by atoms with E-state index in [4.69, 9.17) is 4.74 Å². The molecule has 4 heteroatoms. The molecule has 0 aliphatic heterocycles. The Labute approximate surface area is 121 Å². The van der Waals surface area contributed by atoms with Crippen LogP contribution in [-0.4, -0.2) is 30.3 Å². The van der Waals surface area contributed by atoms with Crippen LogP contribution in [0.1, 0.15) is 50.7 Å². The second-order valence-corrected chi connectivity index (χ2v) is 6.68. The van der Waals surface area contributed by atoms with Crippen LogP contribution in [0, 0.1) is 6.92 Å². The summed E-state index contributed by atoms with van der Waals surface area (Å²) < 4.78 is 5.51. The average Bonchev–Trinajstić information content (AvgIpc) is 2.78. The van der Waals surface area contributed by atoms with Crippen LogP contribution in [0.2, 0.25) is 0 Å². The van der Waals surface area contributed by atoms with Crippen molar-refractivity contribution in [1.29, 1.82) is 0 Å². The van der Waals surface area contributed by atoms with E-state index in [2.05, 4.69) is 43.4 Å². The van der Waals surface area contributed by atoms with E-state index in [-0.39, 0.29) is 5.60 Å². The molecule has 0 aliphatic carbocycles. The van der Waals surface area contributed by atoms with Gasteiger partial charge in [-0.3, -0.25) is 0 Å². The van der Waals surface area contributed by atoms with E-state index in [0.717, 1.165) is 31.5 Å². The van der Waals surface area contributed by atoms with Gasteiger partial charge < -0.3 is 10.1 Å². The number of rotatable bonds is 9. The van der Waals surface area contributed by atoms with Gasteiger partial charge in [0, 0.05) is 30.6 Å². The van der Waals surface area contributed by atoms with Crippen molar-refractivity contribution in [2.24, 2.45) is 0 Å². The molecule has 1 atom stereocenters. The first-order valence-corrected chi connectivity index (χ1v) is 8.04. The average molecular weight is 284 g/mol. The molecule has 0 saturated carbocycles. The molecule has 0 aliphatic rings. The summed E-state index contributed by atoms with van der Waals surface area (Å²) in [5, 5.41) is 7.00. The van der Waals surface area contributed by atoms with Crippen LogP contribution in [0.3, 0.4) is 0 Å². The van der Waals surface area contributed by atoms with Gasteiger partial charge in [0.25, 0.3) is 0 Å². The van der Waals surface area contributed by atoms with Gasteiger partial charge in [0.05, 0.1) is 10.6 Å². The zero-order chi connectivity index (χ0) is 14.3. The lowest BCUT2D eigenvalue weighted by Crippen LogP contribution is -2.34. The molecule has 1 aromatic rings. The van der Waals surface area contributed by atoms with Crippen LogP contribution in [0.25, 0.3) is 0 Å². The monoisotopic (exact) mass is 284 g/mol. The van der Waals surface area contributed by atoms with Crippen LogP contribution in [0.15, 0.2) is 5.38 Å². The minimum absolute atomic E-state index is 0.0368. The van der Waals surface area contributed by atoms with Gasteiger partial charge in [-0.25, -0.2) is 4.98 Å². The van der Waals surface area contributed by atoms with Gasteiger partial charge in [-0.15, -0.1) is 11.3 Å². The maximum Gasteiger partial charge on any atom is 0.0943 e. The molecular weight excluding hydrogens is 256 g/mol. The van der Waals surface area contributed by atoms with Crippen molar-refractivity contribution in [3.8, 4) is 0 Å². The van der Waals surface area contributed by atoms with Gasteiger partial charge in [0.1, 0.15) is 0 Å². The summed E-state index contributed by atoms with van der Waals surface area (Å²) in [5.74, 6) is 0. The third kappa shape index (κ3) is 6.50. The van der Waals surface area contributed by atoms with Crippen LogP contribution >= 0.6 is 11.3 Å². The highest BCUT2D eigenvalue weighted by molar-refractivity contribution is 7.09. The molecule has 0 amide bonds. The van der Waals surface area contributed by atoms with Crippen LogP contribution in [0.4, 0.5) is 0 Å². The summed E-state index contributed by atoms with van der Waals surface area (Å²) in [7, 11) is 1.79. The number of thiazole rings is 1. The Kier molecular flexibility index (Phi) is 6.97. The standard InChI is InChI=1S/C15H28N2OS/c1-6-9-16-13(7-8-15(3,4)18-5)10-14-17-12(2)11-19-14/h11,13,16H,6-10H2,1-5H3. The summed E-state index contributed by atoms with van der Waals surface area (Å²) in [6, 6.07) is 0.500.